The molecule has 1 aromatic carbocycles. The molecule has 29 heavy (non-hydrogen) atoms. The first-order valence-electron chi connectivity index (χ1n) is 10.2. The van der Waals surface area contributed by atoms with Crippen molar-refractivity contribution in [2.45, 2.75) is 39.3 Å². The molecule has 2 aliphatic rings. The summed E-state index contributed by atoms with van der Waals surface area (Å²) >= 11 is 0. The predicted molar refractivity (Wildman–Crippen MR) is 106 cm³/mol. The highest BCUT2D eigenvalue weighted by Gasteiger charge is 2.31. The molecule has 2 aromatic rings. The Morgan fingerprint density at radius 1 is 1.24 bits per heavy atom. The van der Waals surface area contributed by atoms with Crippen LogP contribution in [0.2, 0.25) is 0 Å². The predicted octanol–water partition coefficient (Wildman–Crippen LogP) is 2.43. The number of nitro groups is 1. The molecule has 2 saturated heterocycles. The first kappa shape index (κ1) is 19.6. The molecule has 2 aliphatic heterocycles. The topological polar surface area (TPSA) is 102 Å². The number of carbonyl (C=O) groups excluding carboxylic acids is 1. The fourth-order valence-corrected chi connectivity index (χ4v) is 4.47. The first-order chi connectivity index (χ1) is 13.9. The second-order valence-corrected chi connectivity index (χ2v) is 8.27. The van der Waals surface area contributed by atoms with E-state index >= 15 is 0 Å². The maximum absolute atomic E-state index is 12.8. The number of rotatable bonds is 4. The van der Waals surface area contributed by atoms with Crippen LogP contribution in [0.15, 0.2) is 27.4 Å². The van der Waals surface area contributed by atoms with Gasteiger partial charge in [0, 0.05) is 44.2 Å². The van der Waals surface area contributed by atoms with Crippen LogP contribution in [0.4, 0.5) is 5.69 Å². The average Bonchev–Trinajstić information content (AvgIpc) is 3.02. The summed E-state index contributed by atoms with van der Waals surface area (Å²) in [5.41, 5.74) is 0.682. The summed E-state index contributed by atoms with van der Waals surface area (Å²) in [6.07, 6.45) is 3.78. The van der Waals surface area contributed by atoms with Crippen molar-refractivity contribution in [1.82, 2.24) is 14.4 Å². The van der Waals surface area contributed by atoms with Crippen LogP contribution in [0.5, 0.6) is 0 Å². The lowest BCUT2D eigenvalue weighted by atomic mass is 9.93. The zero-order chi connectivity index (χ0) is 20.5. The number of nitro benzene ring substituents is 1. The highest BCUT2D eigenvalue weighted by molar-refractivity contribution is 5.79. The number of benzene rings is 1. The molecule has 1 atom stereocenters. The van der Waals surface area contributed by atoms with Crippen molar-refractivity contribution in [3.05, 3.63) is 38.9 Å². The number of likely N-dealkylation sites (tertiary alicyclic amines) is 2. The molecule has 3 heterocycles. The van der Waals surface area contributed by atoms with E-state index in [-0.39, 0.29) is 17.5 Å². The lowest BCUT2D eigenvalue weighted by Gasteiger charge is -2.37. The van der Waals surface area contributed by atoms with Gasteiger partial charge in [0.2, 0.25) is 5.91 Å². The summed E-state index contributed by atoms with van der Waals surface area (Å²) in [7, 11) is 0. The Labute approximate surface area is 168 Å². The minimum Gasteiger partial charge on any atom is -0.408 e. The van der Waals surface area contributed by atoms with E-state index in [2.05, 4.69) is 11.8 Å². The number of hydrogen-bond acceptors (Lipinski definition) is 6. The second kappa shape index (κ2) is 7.98. The summed E-state index contributed by atoms with van der Waals surface area (Å²) < 4.78 is 6.65. The number of hydrogen-bond donors (Lipinski definition) is 0. The van der Waals surface area contributed by atoms with Gasteiger partial charge in [-0.1, -0.05) is 6.92 Å². The average molecular weight is 402 g/mol. The van der Waals surface area contributed by atoms with E-state index in [1.165, 1.54) is 29.2 Å². The van der Waals surface area contributed by atoms with Gasteiger partial charge in [-0.15, -0.1) is 0 Å². The van der Waals surface area contributed by atoms with E-state index in [1.54, 1.807) is 0 Å². The molecule has 0 spiro atoms. The van der Waals surface area contributed by atoms with E-state index in [9.17, 15) is 19.7 Å². The molecular weight excluding hydrogens is 376 g/mol. The van der Waals surface area contributed by atoms with Gasteiger partial charge in [-0.2, -0.15) is 0 Å². The molecule has 1 aromatic heterocycles. The number of non-ortho nitro benzene ring substituents is 1. The van der Waals surface area contributed by atoms with Gasteiger partial charge in [0.05, 0.1) is 17.1 Å². The Balaban J connectivity index is 1.41. The van der Waals surface area contributed by atoms with Crippen molar-refractivity contribution in [2.75, 3.05) is 26.2 Å². The summed E-state index contributed by atoms with van der Waals surface area (Å²) in [5, 5.41) is 11.0. The van der Waals surface area contributed by atoms with E-state index in [0.29, 0.717) is 36.8 Å². The number of amides is 1. The molecule has 2 fully saturated rings. The number of piperidine rings is 2. The number of nitrogens with zero attached hydrogens (tertiary/aromatic N) is 4. The minimum atomic E-state index is -0.527. The van der Waals surface area contributed by atoms with E-state index in [4.69, 9.17) is 4.42 Å². The molecule has 9 heteroatoms. The summed E-state index contributed by atoms with van der Waals surface area (Å²) in [6.45, 7) is 5.61. The highest BCUT2D eigenvalue weighted by atomic mass is 16.6. The Kier molecular flexibility index (Phi) is 5.40. The quantitative estimate of drug-likeness (QED) is 0.575. The lowest BCUT2D eigenvalue weighted by Crippen LogP contribution is -2.46. The number of carbonyl (C=O) groups is 1. The Bertz CT molecular complexity index is 973. The maximum atomic E-state index is 12.8. The summed E-state index contributed by atoms with van der Waals surface area (Å²) in [6, 6.07) is 4.15. The van der Waals surface area contributed by atoms with E-state index < -0.39 is 10.7 Å². The van der Waals surface area contributed by atoms with E-state index in [1.807, 2.05) is 4.90 Å². The van der Waals surface area contributed by atoms with Crippen LogP contribution < -0.4 is 5.76 Å². The van der Waals surface area contributed by atoms with Crippen molar-refractivity contribution >= 4 is 22.7 Å². The van der Waals surface area contributed by atoms with Crippen LogP contribution in [-0.4, -0.2) is 51.4 Å². The van der Waals surface area contributed by atoms with Crippen LogP contribution in [0, 0.1) is 22.0 Å². The van der Waals surface area contributed by atoms with Gasteiger partial charge in [-0.3, -0.25) is 24.4 Å². The number of aromatic nitrogens is 1. The fourth-order valence-electron chi connectivity index (χ4n) is 4.47. The Hall–Kier alpha value is -2.68. The number of oxazole rings is 1. The second-order valence-electron chi connectivity index (χ2n) is 8.27. The van der Waals surface area contributed by atoms with Gasteiger partial charge in [0.1, 0.15) is 0 Å². The largest absolute Gasteiger partial charge is 0.421 e. The van der Waals surface area contributed by atoms with Gasteiger partial charge >= 0.3 is 5.76 Å². The van der Waals surface area contributed by atoms with Gasteiger partial charge in [-0.25, -0.2) is 4.79 Å². The Morgan fingerprint density at radius 2 is 2.00 bits per heavy atom. The van der Waals surface area contributed by atoms with Crippen molar-refractivity contribution in [1.29, 1.82) is 0 Å². The van der Waals surface area contributed by atoms with Crippen LogP contribution >= 0.6 is 0 Å². The van der Waals surface area contributed by atoms with Crippen molar-refractivity contribution in [3.8, 4) is 0 Å². The standard InChI is InChI=1S/C20H26N4O5/c1-14-3-2-8-22(12-14)19(25)15-6-9-21(10-7-15)13-23-17-11-16(24(27)28)4-5-18(17)29-20(23)26/h4-5,11,14-15H,2-3,6-10,12-13H2,1H3. The molecule has 0 bridgehead atoms. The third-order valence-electron chi connectivity index (χ3n) is 6.11. The smallest absolute Gasteiger partial charge is 0.408 e. The molecule has 4 rings (SSSR count). The van der Waals surface area contributed by atoms with Gasteiger partial charge in [0.25, 0.3) is 5.69 Å². The Morgan fingerprint density at radius 3 is 2.69 bits per heavy atom. The molecule has 1 unspecified atom stereocenters. The van der Waals surface area contributed by atoms with Crippen molar-refractivity contribution in [2.24, 2.45) is 11.8 Å². The molecule has 0 saturated carbocycles. The third kappa shape index (κ3) is 4.05. The number of fused-ring (bicyclic) bond motifs is 1. The molecule has 9 nitrogen and oxygen atoms in total. The van der Waals surface area contributed by atoms with Gasteiger partial charge in [0.15, 0.2) is 5.58 Å². The van der Waals surface area contributed by atoms with Crippen LogP contribution in [0.3, 0.4) is 0 Å². The minimum absolute atomic E-state index is 0.0375. The normalized spacial score (nSPS) is 21.6. The summed E-state index contributed by atoms with van der Waals surface area (Å²) in [5.74, 6) is 0.340. The SMILES string of the molecule is CC1CCCN(C(=O)C2CCN(Cn3c(=O)oc4ccc([N+](=O)[O-])cc43)CC2)C1. The van der Waals surface area contributed by atoms with Crippen LogP contribution in [0.25, 0.3) is 11.1 Å². The zero-order valence-electron chi connectivity index (χ0n) is 16.6. The van der Waals surface area contributed by atoms with Crippen LogP contribution in [0.1, 0.15) is 32.6 Å². The molecule has 0 aliphatic carbocycles. The third-order valence-corrected chi connectivity index (χ3v) is 6.11. The molecule has 0 radical (unpaired) electrons. The molecule has 1 amide bonds. The van der Waals surface area contributed by atoms with Crippen LogP contribution in [-0.2, 0) is 11.5 Å². The molecular formula is C20H26N4O5. The maximum Gasteiger partial charge on any atom is 0.421 e. The first-order valence-corrected chi connectivity index (χ1v) is 10.2. The zero-order valence-corrected chi connectivity index (χ0v) is 16.6. The summed E-state index contributed by atoms with van der Waals surface area (Å²) in [4.78, 5) is 39.7. The monoisotopic (exact) mass is 402 g/mol. The fraction of sp³-hybridized carbons (Fsp3) is 0.600. The van der Waals surface area contributed by atoms with E-state index in [0.717, 1.165) is 32.4 Å². The highest BCUT2D eigenvalue weighted by Crippen LogP contribution is 2.25. The molecule has 0 N–H and O–H groups in total. The lowest BCUT2D eigenvalue weighted by molar-refractivity contribution is -0.384. The van der Waals surface area contributed by atoms with Gasteiger partial charge < -0.3 is 9.32 Å². The molecule has 156 valence electrons. The van der Waals surface area contributed by atoms with Crippen molar-refractivity contribution < 1.29 is 14.1 Å². The van der Waals surface area contributed by atoms with Gasteiger partial charge in [-0.05, 0) is 37.7 Å². The van der Waals surface area contributed by atoms with Crippen molar-refractivity contribution in [3.63, 3.8) is 0 Å².